The van der Waals surface area contributed by atoms with Crippen LogP contribution in [0.25, 0.3) is 0 Å². The van der Waals surface area contributed by atoms with E-state index in [4.69, 9.17) is 4.74 Å². The first-order valence-electron chi connectivity index (χ1n) is 13.6. The van der Waals surface area contributed by atoms with Gasteiger partial charge in [-0.15, -0.1) is 0 Å². The number of alkyl halides is 3. The number of carbonyl (C=O) groups is 1. The smallest absolute Gasteiger partial charge is 0.416 e. The number of halogens is 3. The van der Waals surface area contributed by atoms with Crippen LogP contribution in [0.1, 0.15) is 110 Å². The molecule has 1 unspecified atom stereocenters. The van der Waals surface area contributed by atoms with Gasteiger partial charge < -0.3 is 4.74 Å². The topological polar surface area (TPSA) is 26.3 Å². The van der Waals surface area contributed by atoms with E-state index >= 15 is 0 Å². The minimum atomic E-state index is -4.48. The summed E-state index contributed by atoms with van der Waals surface area (Å²) in [4.78, 5) is 13.6. The number of rotatable bonds is 9. The Morgan fingerprint density at radius 3 is 2.25 bits per heavy atom. The van der Waals surface area contributed by atoms with Crippen molar-refractivity contribution in [2.45, 2.75) is 96.6 Å². The molecule has 2 aromatic rings. The van der Waals surface area contributed by atoms with Crippen LogP contribution in [0, 0.1) is 18.3 Å². The molecule has 1 atom stereocenters. The zero-order chi connectivity index (χ0) is 25.9. The maximum atomic E-state index is 13.6. The van der Waals surface area contributed by atoms with Crippen molar-refractivity contribution in [1.82, 2.24) is 0 Å². The van der Waals surface area contributed by atoms with Gasteiger partial charge in [0.2, 0.25) is 0 Å². The van der Waals surface area contributed by atoms with E-state index in [2.05, 4.69) is 31.2 Å². The van der Waals surface area contributed by atoms with Crippen LogP contribution in [0.15, 0.2) is 36.4 Å². The molecule has 0 amide bonds. The van der Waals surface area contributed by atoms with Crippen LogP contribution in [0.5, 0.6) is 5.75 Å². The number of carbonyl (C=O) groups excluding carboxylic acids is 1. The second kappa shape index (κ2) is 11.0. The van der Waals surface area contributed by atoms with Crippen LogP contribution in [-0.2, 0) is 12.6 Å². The number of hydrogen-bond acceptors (Lipinski definition) is 2. The Morgan fingerprint density at radius 1 is 1.06 bits per heavy atom. The molecule has 4 rings (SSSR count). The van der Waals surface area contributed by atoms with Gasteiger partial charge in [-0.3, -0.25) is 4.79 Å². The lowest BCUT2D eigenvalue weighted by atomic mass is 9.50. The van der Waals surface area contributed by atoms with E-state index in [0.29, 0.717) is 36.3 Å². The number of ketones is 1. The van der Waals surface area contributed by atoms with Crippen molar-refractivity contribution in [2.24, 2.45) is 11.3 Å². The number of aryl methyl sites for hydroxylation is 2. The van der Waals surface area contributed by atoms with Gasteiger partial charge in [0.25, 0.3) is 0 Å². The molecule has 0 N–H and O–H groups in total. The summed E-state index contributed by atoms with van der Waals surface area (Å²) < 4.78 is 45.6. The van der Waals surface area contributed by atoms with E-state index in [1.165, 1.54) is 69.6 Å². The van der Waals surface area contributed by atoms with E-state index in [-0.39, 0.29) is 22.9 Å². The fourth-order valence-corrected chi connectivity index (χ4v) is 6.88. The van der Waals surface area contributed by atoms with Gasteiger partial charge in [-0.1, -0.05) is 62.4 Å². The Bertz CT molecular complexity index is 1020. The quantitative estimate of drug-likeness (QED) is 0.321. The average molecular weight is 501 g/mol. The highest BCUT2D eigenvalue weighted by molar-refractivity contribution is 6.00. The Hall–Kier alpha value is -2.30. The summed E-state index contributed by atoms with van der Waals surface area (Å²) in [5, 5.41) is 0. The lowest BCUT2D eigenvalue weighted by Crippen LogP contribution is -2.44. The van der Waals surface area contributed by atoms with E-state index in [1.807, 2.05) is 0 Å². The fraction of sp³-hybridized carbons (Fsp3) is 0.581. The monoisotopic (exact) mass is 500 g/mol. The summed E-state index contributed by atoms with van der Waals surface area (Å²) >= 11 is 0. The Labute approximate surface area is 213 Å². The number of Topliss-reactive ketones (excluding diaryl/α,β-unsaturated/α-hetero) is 1. The van der Waals surface area contributed by atoms with Gasteiger partial charge in [0.15, 0.2) is 5.78 Å². The van der Waals surface area contributed by atoms with Gasteiger partial charge in [-0.25, -0.2) is 0 Å². The lowest BCUT2D eigenvalue weighted by molar-refractivity contribution is -0.137. The van der Waals surface area contributed by atoms with Gasteiger partial charge in [-0.05, 0) is 86.0 Å². The summed E-state index contributed by atoms with van der Waals surface area (Å²) in [6.07, 6.45) is 6.94. The van der Waals surface area contributed by atoms with Gasteiger partial charge in [0, 0.05) is 6.42 Å². The third-order valence-corrected chi connectivity index (χ3v) is 8.93. The second-order valence-corrected chi connectivity index (χ2v) is 10.9. The zero-order valence-corrected chi connectivity index (χ0v) is 21.8. The first kappa shape index (κ1) is 26.8. The van der Waals surface area contributed by atoms with Crippen LogP contribution in [0.3, 0.4) is 0 Å². The van der Waals surface area contributed by atoms with Crippen LogP contribution >= 0.6 is 0 Å². The summed E-state index contributed by atoms with van der Waals surface area (Å²) in [7, 11) is 1.34. The van der Waals surface area contributed by atoms with Crippen molar-refractivity contribution in [3.8, 4) is 5.75 Å². The number of hydrogen-bond donors (Lipinski definition) is 0. The highest BCUT2D eigenvalue weighted by Gasteiger charge is 2.49. The molecule has 2 aromatic carbocycles. The van der Waals surface area contributed by atoms with Crippen molar-refractivity contribution < 1.29 is 22.7 Å². The predicted octanol–water partition coefficient (Wildman–Crippen LogP) is 9.08. The summed E-state index contributed by atoms with van der Waals surface area (Å²) in [6.45, 7) is 3.87. The molecular weight excluding hydrogens is 461 g/mol. The van der Waals surface area contributed by atoms with Crippen molar-refractivity contribution in [3.05, 3.63) is 64.2 Å². The average Bonchev–Trinajstić information content (AvgIpc) is 2.85. The zero-order valence-electron chi connectivity index (χ0n) is 21.8. The molecule has 36 heavy (non-hydrogen) atoms. The molecule has 0 heterocycles. The fourth-order valence-electron chi connectivity index (χ4n) is 6.88. The number of benzene rings is 2. The van der Waals surface area contributed by atoms with Crippen molar-refractivity contribution in [1.29, 1.82) is 0 Å². The van der Waals surface area contributed by atoms with Crippen LogP contribution in [0.2, 0.25) is 0 Å². The summed E-state index contributed by atoms with van der Waals surface area (Å²) in [5.74, 6) is 0.884. The first-order chi connectivity index (χ1) is 17.2. The standard InChI is InChI=1S/C31H39F3O2/c1-4-22-19-25(31(32,33)34)20-28(36-3)29(22)27(35)16-15-26(23-13-11-21(2)12-14-23)30(17-8-18-30)24-9-6-5-7-10-24/h11-14,19-20,24,26H,4-10,15-18H2,1-3H3. The largest absolute Gasteiger partial charge is 0.496 e. The van der Waals surface area contributed by atoms with E-state index in [0.717, 1.165) is 12.1 Å². The number of ether oxygens (including phenoxy) is 1. The maximum Gasteiger partial charge on any atom is 0.416 e. The van der Waals surface area contributed by atoms with Crippen molar-refractivity contribution in [3.63, 3.8) is 0 Å². The van der Waals surface area contributed by atoms with E-state index in [9.17, 15) is 18.0 Å². The Kier molecular flexibility index (Phi) is 8.16. The Balaban J connectivity index is 1.64. The molecule has 2 aliphatic carbocycles. The predicted molar refractivity (Wildman–Crippen MR) is 138 cm³/mol. The SMILES string of the molecule is CCc1cc(C(F)(F)F)cc(OC)c1C(=O)CCC(c1ccc(C)cc1)C1(C2CCCCC2)CCC1. The van der Waals surface area contributed by atoms with Gasteiger partial charge in [0.1, 0.15) is 5.75 Å². The Morgan fingerprint density at radius 2 is 1.72 bits per heavy atom. The van der Waals surface area contributed by atoms with Crippen LogP contribution < -0.4 is 4.74 Å². The van der Waals surface area contributed by atoms with Gasteiger partial charge >= 0.3 is 6.18 Å². The molecule has 0 saturated heterocycles. The molecule has 5 heteroatoms. The molecule has 2 nitrogen and oxygen atoms in total. The normalized spacial score (nSPS) is 18.9. The summed E-state index contributed by atoms with van der Waals surface area (Å²) in [5.41, 5.74) is 2.70. The molecular formula is C31H39F3O2. The van der Waals surface area contributed by atoms with Gasteiger partial charge in [0.05, 0.1) is 18.2 Å². The third-order valence-electron chi connectivity index (χ3n) is 8.93. The van der Waals surface area contributed by atoms with Crippen LogP contribution in [0.4, 0.5) is 13.2 Å². The van der Waals surface area contributed by atoms with Crippen molar-refractivity contribution in [2.75, 3.05) is 7.11 Å². The molecule has 196 valence electrons. The summed E-state index contributed by atoms with van der Waals surface area (Å²) in [6, 6.07) is 10.9. The van der Waals surface area contributed by atoms with E-state index in [1.54, 1.807) is 6.92 Å². The minimum Gasteiger partial charge on any atom is -0.496 e. The molecule has 0 aromatic heterocycles. The third kappa shape index (κ3) is 5.35. The maximum absolute atomic E-state index is 13.6. The number of methoxy groups -OCH3 is 1. The minimum absolute atomic E-state index is 0.0317. The van der Waals surface area contributed by atoms with Crippen molar-refractivity contribution >= 4 is 5.78 Å². The molecule has 0 radical (unpaired) electrons. The molecule has 0 bridgehead atoms. The molecule has 2 fully saturated rings. The highest BCUT2D eigenvalue weighted by Crippen LogP contribution is 2.61. The van der Waals surface area contributed by atoms with E-state index < -0.39 is 11.7 Å². The molecule has 0 aliphatic heterocycles. The molecule has 0 spiro atoms. The second-order valence-electron chi connectivity index (χ2n) is 10.9. The highest BCUT2D eigenvalue weighted by atomic mass is 19.4. The first-order valence-corrected chi connectivity index (χ1v) is 13.6. The molecule has 2 aliphatic rings. The van der Waals surface area contributed by atoms with Crippen LogP contribution in [-0.4, -0.2) is 12.9 Å². The lowest BCUT2D eigenvalue weighted by Gasteiger charge is -2.54. The van der Waals surface area contributed by atoms with Gasteiger partial charge in [-0.2, -0.15) is 13.2 Å². The molecule has 2 saturated carbocycles.